The number of pyridine rings is 1. The standard InChI is InChI=1S/C15H19N3O/c1-11-8-12(10-15(2,3)9-11)17-18-14(19)13-6-4-5-7-16-13/h4-8H,9-10H2,1-3H3,(H,18,19)/b17-12+. The fourth-order valence-corrected chi connectivity index (χ4v) is 2.44. The molecule has 0 saturated heterocycles. The molecule has 100 valence electrons. The molecule has 1 aliphatic rings. The molecular weight excluding hydrogens is 238 g/mol. The Morgan fingerprint density at radius 1 is 1.37 bits per heavy atom. The number of hydrazone groups is 1. The number of rotatable bonds is 2. The second-order valence-electron chi connectivity index (χ2n) is 5.77. The number of amides is 1. The van der Waals surface area contributed by atoms with Crippen LogP contribution < -0.4 is 5.43 Å². The molecule has 0 fully saturated rings. The third-order valence-corrected chi connectivity index (χ3v) is 3.03. The topological polar surface area (TPSA) is 54.4 Å². The number of allylic oxidation sites excluding steroid dienone is 2. The van der Waals surface area contributed by atoms with Crippen LogP contribution in [0.4, 0.5) is 0 Å². The molecule has 4 heteroatoms. The number of hydrogen-bond donors (Lipinski definition) is 1. The van der Waals surface area contributed by atoms with Crippen molar-refractivity contribution in [1.29, 1.82) is 0 Å². The SMILES string of the molecule is CC1=C/C(=N\NC(=O)c2ccccn2)CC(C)(C)C1. The first-order valence-corrected chi connectivity index (χ1v) is 6.41. The zero-order valence-corrected chi connectivity index (χ0v) is 11.6. The van der Waals surface area contributed by atoms with E-state index in [1.54, 1.807) is 24.4 Å². The van der Waals surface area contributed by atoms with Crippen molar-refractivity contribution in [3.05, 3.63) is 41.7 Å². The van der Waals surface area contributed by atoms with Crippen molar-refractivity contribution in [1.82, 2.24) is 10.4 Å². The third kappa shape index (κ3) is 3.74. The van der Waals surface area contributed by atoms with Crippen molar-refractivity contribution in [2.75, 3.05) is 0 Å². The van der Waals surface area contributed by atoms with E-state index in [1.165, 1.54) is 5.57 Å². The van der Waals surface area contributed by atoms with Gasteiger partial charge in [-0.15, -0.1) is 0 Å². The summed E-state index contributed by atoms with van der Waals surface area (Å²) in [5.41, 5.74) is 5.36. The minimum absolute atomic E-state index is 0.202. The summed E-state index contributed by atoms with van der Waals surface area (Å²) >= 11 is 0. The summed E-state index contributed by atoms with van der Waals surface area (Å²) < 4.78 is 0. The third-order valence-electron chi connectivity index (χ3n) is 3.03. The number of aromatic nitrogens is 1. The van der Waals surface area contributed by atoms with Gasteiger partial charge in [0.1, 0.15) is 5.69 Å². The van der Waals surface area contributed by atoms with Crippen molar-refractivity contribution in [2.45, 2.75) is 33.6 Å². The first-order valence-electron chi connectivity index (χ1n) is 6.41. The summed E-state index contributed by atoms with van der Waals surface area (Å²) in [4.78, 5) is 15.8. The van der Waals surface area contributed by atoms with Gasteiger partial charge >= 0.3 is 0 Å². The molecule has 1 aromatic rings. The highest BCUT2D eigenvalue weighted by Crippen LogP contribution is 2.33. The van der Waals surface area contributed by atoms with Crippen LogP contribution in [0.3, 0.4) is 0 Å². The van der Waals surface area contributed by atoms with Crippen molar-refractivity contribution < 1.29 is 4.79 Å². The Morgan fingerprint density at radius 2 is 2.16 bits per heavy atom. The molecule has 0 atom stereocenters. The van der Waals surface area contributed by atoms with Gasteiger partial charge in [0.25, 0.3) is 5.91 Å². The van der Waals surface area contributed by atoms with Crippen LogP contribution in [0, 0.1) is 5.41 Å². The highest BCUT2D eigenvalue weighted by molar-refractivity contribution is 5.99. The first-order chi connectivity index (χ1) is 8.96. The lowest BCUT2D eigenvalue weighted by molar-refractivity contribution is 0.0949. The summed E-state index contributed by atoms with van der Waals surface area (Å²) in [6.07, 6.45) is 5.58. The Bertz CT molecular complexity index is 530. The smallest absolute Gasteiger partial charge is 0.266 e. The lowest BCUT2D eigenvalue weighted by atomic mass is 9.77. The predicted molar refractivity (Wildman–Crippen MR) is 75.9 cm³/mol. The maximum Gasteiger partial charge on any atom is 0.289 e. The minimum Gasteiger partial charge on any atom is -0.266 e. The molecule has 19 heavy (non-hydrogen) atoms. The predicted octanol–water partition coefficient (Wildman–Crippen LogP) is 2.93. The highest BCUT2D eigenvalue weighted by atomic mass is 16.2. The van der Waals surface area contributed by atoms with Gasteiger partial charge < -0.3 is 0 Å². The van der Waals surface area contributed by atoms with Crippen LogP contribution in [-0.2, 0) is 0 Å². The van der Waals surface area contributed by atoms with Crippen molar-refractivity contribution in [3.8, 4) is 0 Å². The molecule has 1 N–H and O–H groups in total. The molecule has 1 amide bonds. The van der Waals surface area contributed by atoms with E-state index >= 15 is 0 Å². The van der Waals surface area contributed by atoms with Gasteiger partial charge in [0.2, 0.25) is 0 Å². The van der Waals surface area contributed by atoms with E-state index in [9.17, 15) is 4.79 Å². The van der Waals surface area contributed by atoms with E-state index in [0.29, 0.717) is 5.69 Å². The van der Waals surface area contributed by atoms with Gasteiger partial charge in [-0.05, 0) is 43.4 Å². The van der Waals surface area contributed by atoms with Gasteiger partial charge in [-0.1, -0.05) is 25.5 Å². The van der Waals surface area contributed by atoms with Gasteiger partial charge in [-0.2, -0.15) is 5.10 Å². The summed E-state index contributed by atoms with van der Waals surface area (Å²) in [5, 5.41) is 4.21. The number of nitrogens with zero attached hydrogens (tertiary/aromatic N) is 2. The summed E-state index contributed by atoms with van der Waals surface area (Å²) in [7, 11) is 0. The van der Waals surface area contributed by atoms with E-state index in [2.05, 4.69) is 36.3 Å². The lowest BCUT2D eigenvalue weighted by Gasteiger charge is -2.29. The molecule has 0 spiro atoms. The monoisotopic (exact) mass is 257 g/mol. The highest BCUT2D eigenvalue weighted by Gasteiger charge is 2.24. The Balaban J connectivity index is 2.07. The van der Waals surface area contributed by atoms with E-state index in [-0.39, 0.29) is 11.3 Å². The van der Waals surface area contributed by atoms with Crippen LogP contribution in [0.15, 0.2) is 41.1 Å². The van der Waals surface area contributed by atoms with Crippen LogP contribution in [0.5, 0.6) is 0 Å². The molecule has 1 heterocycles. The number of carbonyl (C=O) groups excluding carboxylic acids is 1. The summed E-state index contributed by atoms with van der Waals surface area (Å²) in [6, 6.07) is 5.22. The molecule has 0 radical (unpaired) electrons. The Morgan fingerprint density at radius 3 is 2.79 bits per heavy atom. The molecule has 2 rings (SSSR count). The van der Waals surface area contributed by atoms with E-state index in [4.69, 9.17) is 0 Å². The molecule has 4 nitrogen and oxygen atoms in total. The van der Waals surface area contributed by atoms with Crippen LogP contribution in [0.2, 0.25) is 0 Å². The average Bonchev–Trinajstić information content (AvgIpc) is 2.34. The van der Waals surface area contributed by atoms with Crippen molar-refractivity contribution in [2.24, 2.45) is 10.5 Å². The zero-order valence-electron chi connectivity index (χ0n) is 11.6. The molecule has 0 saturated carbocycles. The molecule has 1 aromatic heterocycles. The minimum atomic E-state index is -0.275. The molecule has 0 aromatic carbocycles. The second kappa shape index (κ2) is 5.34. The van der Waals surface area contributed by atoms with Gasteiger partial charge in [0.15, 0.2) is 0 Å². The Hall–Kier alpha value is -1.97. The quantitative estimate of drug-likeness (QED) is 0.828. The summed E-state index contributed by atoms with van der Waals surface area (Å²) in [5.74, 6) is -0.275. The van der Waals surface area contributed by atoms with Crippen LogP contribution in [0.25, 0.3) is 0 Å². The van der Waals surface area contributed by atoms with E-state index in [0.717, 1.165) is 18.6 Å². The Kier molecular flexibility index (Phi) is 3.79. The maximum atomic E-state index is 11.8. The fourth-order valence-electron chi connectivity index (χ4n) is 2.44. The van der Waals surface area contributed by atoms with Crippen LogP contribution in [0.1, 0.15) is 44.1 Å². The molecule has 1 aliphatic carbocycles. The van der Waals surface area contributed by atoms with Crippen LogP contribution >= 0.6 is 0 Å². The summed E-state index contributed by atoms with van der Waals surface area (Å²) in [6.45, 7) is 6.51. The molecule has 0 aliphatic heterocycles. The lowest BCUT2D eigenvalue weighted by Crippen LogP contribution is -2.25. The van der Waals surface area contributed by atoms with Gasteiger partial charge in [-0.3, -0.25) is 9.78 Å². The van der Waals surface area contributed by atoms with E-state index < -0.39 is 0 Å². The molecule has 0 unspecified atom stereocenters. The fraction of sp³-hybridized carbons (Fsp3) is 0.400. The molecular formula is C15H19N3O. The van der Waals surface area contributed by atoms with Crippen molar-refractivity contribution >= 4 is 11.6 Å². The normalized spacial score (nSPS) is 19.9. The first kappa shape index (κ1) is 13.5. The largest absolute Gasteiger partial charge is 0.289 e. The molecule has 0 bridgehead atoms. The van der Waals surface area contributed by atoms with E-state index in [1.807, 2.05) is 6.08 Å². The van der Waals surface area contributed by atoms with Crippen LogP contribution in [-0.4, -0.2) is 16.6 Å². The Labute approximate surface area is 113 Å². The van der Waals surface area contributed by atoms with Gasteiger partial charge in [0.05, 0.1) is 5.71 Å². The average molecular weight is 257 g/mol. The second-order valence-corrected chi connectivity index (χ2v) is 5.77. The number of nitrogens with one attached hydrogen (secondary N) is 1. The number of hydrogen-bond acceptors (Lipinski definition) is 3. The number of carbonyl (C=O) groups is 1. The van der Waals surface area contributed by atoms with Crippen molar-refractivity contribution in [3.63, 3.8) is 0 Å². The van der Waals surface area contributed by atoms with Gasteiger partial charge in [0, 0.05) is 6.20 Å². The zero-order chi connectivity index (χ0) is 13.9. The van der Waals surface area contributed by atoms with Gasteiger partial charge in [-0.25, -0.2) is 5.43 Å². The maximum absolute atomic E-state index is 11.8.